The van der Waals surface area contributed by atoms with E-state index in [4.69, 9.17) is 4.74 Å². The molecule has 1 atom stereocenters. The van der Waals surface area contributed by atoms with E-state index in [9.17, 15) is 4.79 Å². The number of aromatic nitrogens is 2. The van der Waals surface area contributed by atoms with Crippen LogP contribution in [0.3, 0.4) is 0 Å². The van der Waals surface area contributed by atoms with Gasteiger partial charge in [-0.1, -0.05) is 78.5 Å². The first kappa shape index (κ1) is 20.8. The Kier molecular flexibility index (Phi) is 6.23. The summed E-state index contributed by atoms with van der Waals surface area (Å²) in [6, 6.07) is 24.3. The van der Waals surface area contributed by atoms with Crippen LogP contribution < -0.4 is 5.32 Å². The van der Waals surface area contributed by atoms with Gasteiger partial charge in [0.2, 0.25) is 5.91 Å². The number of nitrogens with zero attached hydrogens (tertiary/aromatic N) is 2. The van der Waals surface area contributed by atoms with E-state index in [1.54, 1.807) is 0 Å². The topological polar surface area (TPSA) is 56.2 Å². The number of imidazole rings is 1. The largest absolute Gasteiger partial charge is 0.376 e. The van der Waals surface area contributed by atoms with Crippen LogP contribution >= 0.6 is 11.8 Å². The van der Waals surface area contributed by atoms with Gasteiger partial charge < -0.3 is 14.6 Å². The zero-order valence-corrected chi connectivity index (χ0v) is 18.6. The molecule has 5 nitrogen and oxygen atoms in total. The van der Waals surface area contributed by atoms with Gasteiger partial charge >= 0.3 is 0 Å². The summed E-state index contributed by atoms with van der Waals surface area (Å²) in [6.07, 6.45) is 4.24. The van der Waals surface area contributed by atoms with E-state index in [1.165, 1.54) is 11.8 Å². The summed E-state index contributed by atoms with van der Waals surface area (Å²) in [7, 11) is 0. The molecule has 1 fully saturated rings. The number of nitrogens with one attached hydrogen (secondary N) is 1. The van der Waals surface area contributed by atoms with Gasteiger partial charge in [0.15, 0.2) is 5.16 Å². The van der Waals surface area contributed by atoms with Crippen molar-refractivity contribution in [1.82, 2.24) is 9.55 Å². The lowest BCUT2D eigenvalue weighted by atomic mass is 10.1. The van der Waals surface area contributed by atoms with Crippen LogP contribution in [0, 0.1) is 0 Å². The Balaban J connectivity index is 1.33. The summed E-state index contributed by atoms with van der Waals surface area (Å²) in [6.45, 7) is 1.56. The van der Waals surface area contributed by atoms with E-state index < -0.39 is 0 Å². The average Bonchev–Trinajstić information content (AvgIpc) is 3.49. The second kappa shape index (κ2) is 9.59. The lowest BCUT2D eigenvalue weighted by molar-refractivity contribution is -0.113. The molecule has 0 saturated carbocycles. The standard InChI is InChI=1S/C26H25N3O2S/c30-25(28-23-14-6-11-19-8-4-5-13-22(19)23)18-32-26-27-16-24(20-9-2-1-3-10-20)29(26)17-21-12-7-15-31-21/h1-6,8-11,13-14,16,21H,7,12,15,17-18H2,(H,28,30)/t21-/m0/s1. The Bertz CT molecular complexity index is 1210. The molecule has 2 heterocycles. The maximum atomic E-state index is 12.8. The predicted octanol–water partition coefficient (Wildman–Crippen LogP) is 5.61. The fraction of sp³-hybridized carbons (Fsp3) is 0.231. The Morgan fingerprint density at radius 2 is 1.88 bits per heavy atom. The molecule has 3 aromatic carbocycles. The highest BCUT2D eigenvalue weighted by Crippen LogP contribution is 2.29. The quantitative estimate of drug-likeness (QED) is 0.377. The van der Waals surface area contributed by atoms with Gasteiger partial charge in [-0.2, -0.15) is 0 Å². The van der Waals surface area contributed by atoms with Crippen LogP contribution in [-0.4, -0.2) is 33.9 Å². The van der Waals surface area contributed by atoms with Gasteiger partial charge in [-0.15, -0.1) is 0 Å². The van der Waals surface area contributed by atoms with Crippen molar-refractivity contribution in [3.8, 4) is 11.3 Å². The van der Waals surface area contributed by atoms with Crippen LogP contribution in [-0.2, 0) is 16.1 Å². The molecule has 1 N–H and O–H groups in total. The van der Waals surface area contributed by atoms with Crippen LogP contribution in [0.1, 0.15) is 12.8 Å². The van der Waals surface area contributed by atoms with E-state index >= 15 is 0 Å². The van der Waals surface area contributed by atoms with Crippen molar-refractivity contribution in [2.45, 2.75) is 30.6 Å². The fourth-order valence-corrected chi connectivity index (χ4v) is 4.92. The number of fused-ring (bicyclic) bond motifs is 1. The van der Waals surface area contributed by atoms with E-state index in [0.29, 0.717) is 5.75 Å². The van der Waals surface area contributed by atoms with E-state index in [-0.39, 0.29) is 12.0 Å². The van der Waals surface area contributed by atoms with Crippen molar-refractivity contribution >= 4 is 34.1 Å². The maximum absolute atomic E-state index is 12.8. The molecule has 5 rings (SSSR count). The number of carbonyl (C=O) groups is 1. The third-order valence-corrected chi connectivity index (χ3v) is 6.69. The molecule has 4 aromatic rings. The molecule has 1 amide bonds. The van der Waals surface area contributed by atoms with Crippen LogP contribution in [0.15, 0.2) is 84.1 Å². The molecule has 32 heavy (non-hydrogen) atoms. The molecule has 0 bridgehead atoms. The molecule has 1 aromatic heterocycles. The molecule has 1 saturated heterocycles. The number of amides is 1. The molecule has 1 aliphatic rings. The highest BCUT2D eigenvalue weighted by atomic mass is 32.2. The molecular weight excluding hydrogens is 418 g/mol. The predicted molar refractivity (Wildman–Crippen MR) is 130 cm³/mol. The summed E-state index contributed by atoms with van der Waals surface area (Å²) < 4.78 is 8.08. The average molecular weight is 444 g/mol. The van der Waals surface area contributed by atoms with Gasteiger partial charge in [0.25, 0.3) is 0 Å². The normalized spacial score (nSPS) is 15.8. The number of thioether (sulfide) groups is 1. The first-order chi connectivity index (χ1) is 15.8. The minimum Gasteiger partial charge on any atom is -0.376 e. The molecule has 162 valence electrons. The van der Waals surface area contributed by atoms with E-state index in [1.807, 2.05) is 66.9 Å². The molecule has 0 aliphatic carbocycles. The molecule has 0 unspecified atom stereocenters. The highest BCUT2D eigenvalue weighted by Gasteiger charge is 2.21. The zero-order valence-electron chi connectivity index (χ0n) is 17.7. The molecule has 0 radical (unpaired) electrons. The number of rotatable bonds is 7. The van der Waals surface area contributed by atoms with Crippen LogP contribution in [0.2, 0.25) is 0 Å². The third-order valence-electron chi connectivity index (χ3n) is 5.69. The second-order valence-electron chi connectivity index (χ2n) is 7.90. The molecule has 6 heteroatoms. The monoisotopic (exact) mass is 443 g/mol. The highest BCUT2D eigenvalue weighted by molar-refractivity contribution is 7.99. The smallest absolute Gasteiger partial charge is 0.234 e. The van der Waals surface area contributed by atoms with Gasteiger partial charge in [-0.3, -0.25) is 4.79 Å². The SMILES string of the molecule is O=C(CSc1ncc(-c2ccccc2)n1C[C@@H]1CCCO1)Nc1cccc2ccccc12. The number of ether oxygens (including phenoxy) is 1. The van der Waals surface area contributed by atoms with Gasteiger partial charge in [0.1, 0.15) is 0 Å². The van der Waals surface area contributed by atoms with Gasteiger partial charge in [0.05, 0.1) is 30.3 Å². The van der Waals surface area contributed by atoms with Gasteiger partial charge in [-0.25, -0.2) is 4.98 Å². The van der Waals surface area contributed by atoms with Gasteiger partial charge in [-0.05, 0) is 29.9 Å². The number of carbonyl (C=O) groups excluding carboxylic acids is 1. The Hall–Kier alpha value is -3.09. The van der Waals surface area contributed by atoms with Crippen molar-refractivity contribution in [3.05, 3.63) is 79.0 Å². The lowest BCUT2D eigenvalue weighted by Crippen LogP contribution is -2.18. The van der Waals surface area contributed by atoms with Crippen LogP contribution in [0.5, 0.6) is 0 Å². The maximum Gasteiger partial charge on any atom is 0.234 e. The number of benzene rings is 3. The van der Waals surface area contributed by atoms with Crippen molar-refractivity contribution < 1.29 is 9.53 Å². The van der Waals surface area contributed by atoms with Gasteiger partial charge in [0, 0.05) is 17.7 Å². The summed E-state index contributed by atoms with van der Waals surface area (Å²) in [5, 5.41) is 6.06. The number of hydrogen-bond donors (Lipinski definition) is 1. The van der Waals surface area contributed by atoms with E-state index in [0.717, 1.165) is 58.9 Å². The van der Waals surface area contributed by atoms with Crippen molar-refractivity contribution in [3.63, 3.8) is 0 Å². The first-order valence-corrected chi connectivity index (χ1v) is 11.9. The number of anilines is 1. The lowest BCUT2D eigenvalue weighted by Gasteiger charge is -2.16. The minimum absolute atomic E-state index is 0.0423. The second-order valence-corrected chi connectivity index (χ2v) is 8.84. The first-order valence-electron chi connectivity index (χ1n) is 10.9. The van der Waals surface area contributed by atoms with Crippen molar-refractivity contribution in [1.29, 1.82) is 0 Å². The zero-order chi connectivity index (χ0) is 21.8. The Morgan fingerprint density at radius 3 is 2.72 bits per heavy atom. The van der Waals surface area contributed by atoms with Crippen LogP contribution in [0.4, 0.5) is 5.69 Å². The summed E-state index contributed by atoms with van der Waals surface area (Å²) in [4.78, 5) is 17.4. The summed E-state index contributed by atoms with van der Waals surface area (Å²) in [5.74, 6) is 0.249. The van der Waals surface area contributed by atoms with Crippen LogP contribution in [0.25, 0.3) is 22.0 Å². The summed E-state index contributed by atoms with van der Waals surface area (Å²) in [5.41, 5.74) is 3.00. The fourth-order valence-electron chi connectivity index (χ4n) is 4.13. The number of hydrogen-bond acceptors (Lipinski definition) is 4. The van der Waals surface area contributed by atoms with Crippen molar-refractivity contribution in [2.75, 3.05) is 17.7 Å². The Morgan fingerprint density at radius 1 is 1.06 bits per heavy atom. The third kappa shape index (κ3) is 4.56. The minimum atomic E-state index is -0.0423. The molecule has 0 spiro atoms. The summed E-state index contributed by atoms with van der Waals surface area (Å²) >= 11 is 1.46. The van der Waals surface area contributed by atoms with E-state index in [2.05, 4.69) is 27.0 Å². The Labute approximate surface area is 191 Å². The molecule has 1 aliphatic heterocycles. The molecular formula is C26H25N3O2S. The van der Waals surface area contributed by atoms with Crippen molar-refractivity contribution in [2.24, 2.45) is 0 Å².